The minimum absolute atomic E-state index is 0.0847. The molecular weight excluding hydrogens is 378 g/mol. The van der Waals surface area contributed by atoms with Gasteiger partial charge in [-0.15, -0.1) is 0 Å². The number of hydrogen-bond donors (Lipinski definition) is 2. The quantitative estimate of drug-likeness (QED) is 0.703. The van der Waals surface area contributed by atoms with E-state index >= 15 is 0 Å². The van der Waals surface area contributed by atoms with Crippen LogP contribution in [0.2, 0.25) is 0 Å². The second-order valence-electron chi connectivity index (χ2n) is 8.20. The van der Waals surface area contributed by atoms with Gasteiger partial charge in [0.2, 0.25) is 5.91 Å². The molecule has 0 aromatic heterocycles. The van der Waals surface area contributed by atoms with Crippen LogP contribution in [0.5, 0.6) is 0 Å². The van der Waals surface area contributed by atoms with Crippen molar-refractivity contribution in [2.24, 2.45) is 0 Å². The standard InChI is InChI=1S/C24H31N3O3/c1-24(2,27-13-15-30-16-14-27)18-25-22(28)17-21(19-9-5-3-6-10-19)26-23(29)20-11-7-4-8-12-20/h3-12,21H,13-18H2,1-2H3,(H,25,28)(H,26,29)/t21-/m0/s1. The highest BCUT2D eigenvalue weighted by molar-refractivity contribution is 5.94. The maximum atomic E-state index is 12.8. The molecule has 6 nitrogen and oxygen atoms in total. The minimum atomic E-state index is -0.398. The van der Waals surface area contributed by atoms with Crippen molar-refractivity contribution in [3.05, 3.63) is 71.8 Å². The Kier molecular flexibility index (Phi) is 7.60. The van der Waals surface area contributed by atoms with E-state index in [0.29, 0.717) is 12.1 Å². The van der Waals surface area contributed by atoms with Crippen molar-refractivity contribution in [3.8, 4) is 0 Å². The summed E-state index contributed by atoms with van der Waals surface area (Å²) in [4.78, 5) is 27.8. The van der Waals surface area contributed by atoms with Crippen LogP contribution in [0.15, 0.2) is 60.7 Å². The summed E-state index contributed by atoms with van der Waals surface area (Å²) in [6.07, 6.45) is 0.182. The van der Waals surface area contributed by atoms with Crippen LogP contribution < -0.4 is 10.6 Å². The van der Waals surface area contributed by atoms with Gasteiger partial charge in [0.1, 0.15) is 0 Å². The Balaban J connectivity index is 1.62. The Bertz CT molecular complexity index is 818. The number of carbonyl (C=O) groups is 2. The average Bonchev–Trinajstić information content (AvgIpc) is 2.79. The van der Waals surface area contributed by atoms with Crippen molar-refractivity contribution in [2.45, 2.75) is 31.8 Å². The van der Waals surface area contributed by atoms with Crippen LogP contribution in [0, 0.1) is 0 Å². The zero-order chi connectivity index (χ0) is 21.4. The monoisotopic (exact) mass is 409 g/mol. The highest BCUT2D eigenvalue weighted by Crippen LogP contribution is 2.19. The molecular formula is C24H31N3O3. The zero-order valence-corrected chi connectivity index (χ0v) is 17.8. The Labute approximate surface area is 178 Å². The molecule has 1 aliphatic rings. The van der Waals surface area contributed by atoms with Gasteiger partial charge in [-0.3, -0.25) is 14.5 Å². The van der Waals surface area contributed by atoms with Crippen molar-refractivity contribution in [3.63, 3.8) is 0 Å². The first kappa shape index (κ1) is 22.0. The number of benzene rings is 2. The van der Waals surface area contributed by atoms with Gasteiger partial charge in [0.05, 0.1) is 25.7 Å². The van der Waals surface area contributed by atoms with Crippen LogP contribution in [-0.4, -0.2) is 55.1 Å². The largest absolute Gasteiger partial charge is 0.379 e. The summed E-state index contributed by atoms with van der Waals surface area (Å²) in [6.45, 7) is 7.97. The molecule has 30 heavy (non-hydrogen) atoms. The number of hydrogen-bond acceptors (Lipinski definition) is 4. The van der Waals surface area contributed by atoms with E-state index in [9.17, 15) is 9.59 Å². The summed E-state index contributed by atoms with van der Waals surface area (Å²) in [6, 6.07) is 18.3. The highest BCUT2D eigenvalue weighted by Gasteiger charge is 2.29. The third kappa shape index (κ3) is 6.15. The Morgan fingerprint density at radius 2 is 1.60 bits per heavy atom. The summed E-state index contributed by atoms with van der Waals surface area (Å²) in [7, 11) is 0. The molecule has 0 spiro atoms. The number of morpholine rings is 1. The molecule has 3 rings (SSSR count). The fourth-order valence-corrected chi connectivity index (χ4v) is 3.62. The van der Waals surface area contributed by atoms with Crippen LogP contribution in [0.4, 0.5) is 0 Å². The van der Waals surface area contributed by atoms with E-state index in [0.717, 1.165) is 31.9 Å². The van der Waals surface area contributed by atoms with Gasteiger partial charge < -0.3 is 15.4 Å². The molecule has 0 bridgehead atoms. The van der Waals surface area contributed by atoms with Gasteiger partial charge in [0.15, 0.2) is 0 Å². The normalized spacial score (nSPS) is 15.9. The van der Waals surface area contributed by atoms with Crippen molar-refractivity contribution >= 4 is 11.8 Å². The van der Waals surface area contributed by atoms with E-state index < -0.39 is 6.04 Å². The molecule has 1 aliphatic heterocycles. The van der Waals surface area contributed by atoms with E-state index in [1.807, 2.05) is 48.5 Å². The van der Waals surface area contributed by atoms with Gasteiger partial charge in [-0.1, -0.05) is 48.5 Å². The molecule has 0 aliphatic carbocycles. The Morgan fingerprint density at radius 1 is 1.00 bits per heavy atom. The number of ether oxygens (including phenoxy) is 1. The number of nitrogens with zero attached hydrogens (tertiary/aromatic N) is 1. The predicted molar refractivity (Wildman–Crippen MR) is 117 cm³/mol. The number of rotatable bonds is 8. The minimum Gasteiger partial charge on any atom is -0.379 e. The van der Waals surface area contributed by atoms with Gasteiger partial charge in [0, 0.05) is 30.7 Å². The molecule has 1 atom stereocenters. The summed E-state index contributed by atoms with van der Waals surface area (Å²) < 4.78 is 5.43. The Hall–Kier alpha value is -2.70. The summed E-state index contributed by atoms with van der Waals surface area (Å²) in [5, 5.41) is 6.08. The van der Waals surface area contributed by atoms with E-state index in [4.69, 9.17) is 4.74 Å². The first-order valence-corrected chi connectivity index (χ1v) is 10.5. The van der Waals surface area contributed by atoms with Crippen LogP contribution in [-0.2, 0) is 9.53 Å². The van der Waals surface area contributed by atoms with Gasteiger partial charge in [0.25, 0.3) is 5.91 Å². The molecule has 2 aromatic rings. The molecule has 0 saturated carbocycles. The number of carbonyl (C=O) groups excluding carboxylic acids is 2. The van der Waals surface area contributed by atoms with Crippen molar-refractivity contribution in [2.75, 3.05) is 32.8 Å². The van der Waals surface area contributed by atoms with E-state index in [1.54, 1.807) is 12.1 Å². The molecule has 2 aromatic carbocycles. The lowest BCUT2D eigenvalue weighted by atomic mass is 10.0. The lowest BCUT2D eigenvalue weighted by Gasteiger charge is -2.40. The van der Waals surface area contributed by atoms with Crippen LogP contribution in [0.1, 0.15) is 42.2 Å². The van der Waals surface area contributed by atoms with Crippen molar-refractivity contribution in [1.29, 1.82) is 0 Å². The van der Waals surface area contributed by atoms with Crippen LogP contribution in [0.25, 0.3) is 0 Å². The molecule has 6 heteroatoms. The molecule has 1 fully saturated rings. The van der Waals surface area contributed by atoms with Crippen molar-refractivity contribution < 1.29 is 14.3 Å². The van der Waals surface area contributed by atoms with E-state index in [-0.39, 0.29) is 23.8 Å². The van der Waals surface area contributed by atoms with Crippen molar-refractivity contribution in [1.82, 2.24) is 15.5 Å². The molecule has 2 amide bonds. The lowest BCUT2D eigenvalue weighted by molar-refractivity contribution is -0.122. The van der Waals surface area contributed by atoms with Gasteiger partial charge in [-0.05, 0) is 31.5 Å². The first-order chi connectivity index (χ1) is 14.5. The van der Waals surface area contributed by atoms with E-state index in [1.165, 1.54) is 0 Å². The van der Waals surface area contributed by atoms with Gasteiger partial charge in [-0.2, -0.15) is 0 Å². The third-order valence-corrected chi connectivity index (χ3v) is 5.52. The smallest absolute Gasteiger partial charge is 0.251 e. The molecule has 2 N–H and O–H groups in total. The maximum Gasteiger partial charge on any atom is 0.251 e. The van der Waals surface area contributed by atoms with Gasteiger partial charge in [-0.25, -0.2) is 0 Å². The molecule has 1 heterocycles. The predicted octanol–water partition coefficient (Wildman–Crippen LogP) is 2.77. The molecule has 0 unspecified atom stereocenters. The fraction of sp³-hybridized carbons (Fsp3) is 0.417. The molecule has 160 valence electrons. The highest BCUT2D eigenvalue weighted by atomic mass is 16.5. The first-order valence-electron chi connectivity index (χ1n) is 10.5. The fourth-order valence-electron chi connectivity index (χ4n) is 3.62. The molecule has 1 saturated heterocycles. The lowest BCUT2D eigenvalue weighted by Crippen LogP contribution is -2.55. The number of amides is 2. The second-order valence-corrected chi connectivity index (χ2v) is 8.20. The topological polar surface area (TPSA) is 70.7 Å². The van der Waals surface area contributed by atoms with Gasteiger partial charge >= 0.3 is 0 Å². The maximum absolute atomic E-state index is 12.8. The molecule has 0 radical (unpaired) electrons. The Morgan fingerprint density at radius 3 is 2.23 bits per heavy atom. The second kappa shape index (κ2) is 10.4. The summed E-state index contributed by atoms with van der Waals surface area (Å²) >= 11 is 0. The summed E-state index contributed by atoms with van der Waals surface area (Å²) in [5.74, 6) is -0.274. The van der Waals surface area contributed by atoms with Crippen LogP contribution in [0.3, 0.4) is 0 Å². The average molecular weight is 410 g/mol. The van der Waals surface area contributed by atoms with E-state index in [2.05, 4.69) is 29.4 Å². The van der Waals surface area contributed by atoms with Crippen LogP contribution >= 0.6 is 0 Å². The zero-order valence-electron chi connectivity index (χ0n) is 17.8. The SMILES string of the molecule is CC(C)(CNC(=O)C[C@H](NC(=O)c1ccccc1)c1ccccc1)N1CCOCC1. The third-order valence-electron chi connectivity index (χ3n) is 5.52. The number of nitrogens with one attached hydrogen (secondary N) is 2. The summed E-state index contributed by atoms with van der Waals surface area (Å²) in [5.41, 5.74) is 1.33.